The first-order chi connectivity index (χ1) is 8.20. The van der Waals surface area contributed by atoms with Crippen LogP contribution in [0.15, 0.2) is 18.6 Å². The zero-order chi connectivity index (χ0) is 12.3. The third-order valence-electron chi connectivity index (χ3n) is 2.46. The molecular formula is C11H14N4OS. The molecule has 0 spiro atoms. The Hall–Kier alpha value is -1.53. The smallest absolute Gasteiger partial charge is 0.275 e. The molecule has 0 aliphatic rings. The minimum atomic E-state index is -0.131. The van der Waals surface area contributed by atoms with Crippen LogP contribution in [0.4, 0.5) is 0 Å². The van der Waals surface area contributed by atoms with Crippen molar-refractivity contribution in [1.29, 1.82) is 0 Å². The molecule has 0 radical (unpaired) electrons. The molecule has 2 aromatic heterocycles. The van der Waals surface area contributed by atoms with E-state index in [0.717, 1.165) is 16.6 Å². The summed E-state index contributed by atoms with van der Waals surface area (Å²) in [5, 5.41) is 0.895. The summed E-state index contributed by atoms with van der Waals surface area (Å²) in [6, 6.07) is 2.06. The highest BCUT2D eigenvalue weighted by Crippen LogP contribution is 2.22. The van der Waals surface area contributed by atoms with E-state index in [9.17, 15) is 4.79 Å². The van der Waals surface area contributed by atoms with Crippen molar-refractivity contribution >= 4 is 27.5 Å². The molecule has 2 N–H and O–H groups in total. The average molecular weight is 250 g/mol. The van der Waals surface area contributed by atoms with Gasteiger partial charge in [-0.3, -0.25) is 10.2 Å². The molecule has 5 nitrogen and oxygen atoms in total. The van der Waals surface area contributed by atoms with Gasteiger partial charge in [-0.05, 0) is 19.4 Å². The molecule has 0 saturated heterocycles. The van der Waals surface area contributed by atoms with Crippen molar-refractivity contribution in [3.8, 4) is 0 Å². The predicted octanol–water partition coefficient (Wildman–Crippen LogP) is 1.72. The quantitative estimate of drug-likeness (QED) is 0.811. The van der Waals surface area contributed by atoms with Gasteiger partial charge in [0.25, 0.3) is 5.91 Å². The Labute approximate surface area is 103 Å². The summed E-state index contributed by atoms with van der Waals surface area (Å²) in [5.74, 6) is -0.131. The molecule has 2 aromatic rings. The zero-order valence-corrected chi connectivity index (χ0v) is 10.5. The van der Waals surface area contributed by atoms with Crippen molar-refractivity contribution in [2.45, 2.75) is 26.3 Å². The normalized spacial score (nSPS) is 12.6. The highest BCUT2D eigenvalue weighted by atomic mass is 32.1. The molecule has 2 rings (SSSR count). The van der Waals surface area contributed by atoms with E-state index >= 15 is 0 Å². The van der Waals surface area contributed by atoms with Gasteiger partial charge in [0.15, 0.2) is 0 Å². The second-order valence-corrected chi connectivity index (χ2v) is 4.83. The number of nitrogens with one attached hydrogen (secondary N) is 2. The van der Waals surface area contributed by atoms with Crippen molar-refractivity contribution < 1.29 is 4.79 Å². The van der Waals surface area contributed by atoms with Crippen LogP contribution in [-0.2, 0) is 0 Å². The molecular weight excluding hydrogens is 236 g/mol. The molecule has 1 amide bonds. The fourth-order valence-corrected chi connectivity index (χ4v) is 2.12. The molecule has 90 valence electrons. The summed E-state index contributed by atoms with van der Waals surface area (Å²) < 4.78 is 0. The Kier molecular flexibility index (Phi) is 3.65. The monoisotopic (exact) mass is 250 g/mol. The van der Waals surface area contributed by atoms with Gasteiger partial charge in [-0.1, -0.05) is 6.92 Å². The molecule has 0 aliphatic heterocycles. The maximum absolute atomic E-state index is 11.8. The molecule has 0 aromatic carbocycles. The Bertz CT molecular complexity index is 492. The summed E-state index contributed by atoms with van der Waals surface area (Å²) in [5.41, 5.74) is 5.63. The van der Waals surface area contributed by atoms with Crippen LogP contribution in [0.5, 0.6) is 0 Å². The van der Waals surface area contributed by atoms with Gasteiger partial charge >= 0.3 is 0 Å². The van der Waals surface area contributed by atoms with Crippen molar-refractivity contribution in [2.75, 3.05) is 0 Å². The molecule has 0 fully saturated rings. The molecule has 0 aliphatic carbocycles. The summed E-state index contributed by atoms with van der Waals surface area (Å²) in [6.45, 7) is 4.07. The van der Waals surface area contributed by atoms with Crippen molar-refractivity contribution in [1.82, 2.24) is 20.8 Å². The van der Waals surface area contributed by atoms with Crippen molar-refractivity contribution in [3.05, 3.63) is 23.5 Å². The Morgan fingerprint density at radius 2 is 2.41 bits per heavy atom. The van der Waals surface area contributed by atoms with Crippen molar-refractivity contribution in [2.24, 2.45) is 0 Å². The van der Waals surface area contributed by atoms with Gasteiger partial charge in [-0.25, -0.2) is 15.4 Å². The number of thiophene rings is 1. The Morgan fingerprint density at radius 3 is 3.12 bits per heavy atom. The maximum Gasteiger partial charge on any atom is 0.275 e. The number of fused-ring (bicyclic) bond motifs is 1. The van der Waals surface area contributed by atoms with Gasteiger partial charge in [0, 0.05) is 17.6 Å². The van der Waals surface area contributed by atoms with Gasteiger partial charge in [-0.15, -0.1) is 11.3 Å². The van der Waals surface area contributed by atoms with Crippen molar-refractivity contribution in [3.63, 3.8) is 0 Å². The van der Waals surface area contributed by atoms with Gasteiger partial charge in [-0.2, -0.15) is 0 Å². The lowest BCUT2D eigenvalue weighted by atomic mass is 10.3. The Balaban J connectivity index is 2.08. The molecule has 1 unspecified atom stereocenters. The number of hydrogen-bond acceptors (Lipinski definition) is 5. The molecule has 17 heavy (non-hydrogen) atoms. The van der Waals surface area contributed by atoms with Gasteiger partial charge in [0.1, 0.15) is 11.2 Å². The molecule has 0 bridgehead atoms. The van der Waals surface area contributed by atoms with E-state index in [4.69, 9.17) is 0 Å². The van der Waals surface area contributed by atoms with Crippen LogP contribution in [0.2, 0.25) is 0 Å². The second kappa shape index (κ2) is 5.20. The summed E-state index contributed by atoms with van der Waals surface area (Å²) in [6.07, 6.45) is 4.15. The first kappa shape index (κ1) is 11.9. The number of carbonyl (C=O) groups is 1. The van der Waals surface area contributed by atoms with E-state index in [1.54, 1.807) is 12.3 Å². The fraction of sp³-hybridized carbons (Fsp3) is 0.364. The minimum Gasteiger partial charge on any atom is -0.286 e. The van der Waals surface area contributed by atoms with Crippen LogP contribution >= 0.6 is 11.3 Å². The molecule has 6 heteroatoms. The largest absolute Gasteiger partial charge is 0.286 e. The summed E-state index contributed by atoms with van der Waals surface area (Å²) in [7, 11) is 0. The first-order valence-electron chi connectivity index (χ1n) is 5.46. The van der Waals surface area contributed by atoms with Crippen LogP contribution in [0.25, 0.3) is 10.2 Å². The van der Waals surface area contributed by atoms with Gasteiger partial charge in [0.05, 0.1) is 4.88 Å². The van der Waals surface area contributed by atoms with E-state index in [1.165, 1.54) is 17.7 Å². The number of hydrogen-bond donors (Lipinski definition) is 2. The van der Waals surface area contributed by atoms with E-state index in [-0.39, 0.29) is 11.9 Å². The number of hydrazine groups is 1. The summed E-state index contributed by atoms with van der Waals surface area (Å²) in [4.78, 5) is 21.3. The maximum atomic E-state index is 11.8. The van der Waals surface area contributed by atoms with Crippen LogP contribution in [0.1, 0.15) is 29.9 Å². The Morgan fingerprint density at radius 1 is 1.59 bits per heavy atom. The van der Waals surface area contributed by atoms with Crippen LogP contribution in [0.3, 0.4) is 0 Å². The highest BCUT2D eigenvalue weighted by molar-refractivity contribution is 7.20. The lowest BCUT2D eigenvalue weighted by molar-refractivity contribution is 0.0930. The highest BCUT2D eigenvalue weighted by Gasteiger charge is 2.11. The molecule has 2 heterocycles. The van der Waals surface area contributed by atoms with Crippen LogP contribution < -0.4 is 10.9 Å². The zero-order valence-electron chi connectivity index (χ0n) is 9.73. The van der Waals surface area contributed by atoms with Gasteiger partial charge < -0.3 is 0 Å². The fourth-order valence-electron chi connectivity index (χ4n) is 1.25. The average Bonchev–Trinajstić information content (AvgIpc) is 2.79. The number of aromatic nitrogens is 2. The third-order valence-corrected chi connectivity index (χ3v) is 3.52. The number of nitrogens with zero attached hydrogens (tertiary/aromatic N) is 2. The number of amides is 1. The van der Waals surface area contributed by atoms with E-state index in [0.29, 0.717) is 4.88 Å². The molecule has 0 saturated carbocycles. The lowest BCUT2D eigenvalue weighted by Crippen LogP contribution is -2.42. The summed E-state index contributed by atoms with van der Waals surface area (Å²) >= 11 is 1.36. The molecule has 1 atom stereocenters. The van der Waals surface area contributed by atoms with Crippen LogP contribution in [-0.4, -0.2) is 21.9 Å². The SMILES string of the molecule is CCC(C)NNC(=O)c1cc2cncnc2s1. The lowest BCUT2D eigenvalue weighted by Gasteiger charge is -2.11. The minimum absolute atomic E-state index is 0.131. The second-order valence-electron chi connectivity index (χ2n) is 3.80. The topological polar surface area (TPSA) is 66.9 Å². The van der Waals surface area contributed by atoms with Gasteiger partial charge in [0.2, 0.25) is 0 Å². The predicted molar refractivity (Wildman–Crippen MR) is 67.8 cm³/mol. The number of carbonyl (C=O) groups excluding carboxylic acids is 1. The van der Waals surface area contributed by atoms with E-state index in [2.05, 4.69) is 27.7 Å². The van der Waals surface area contributed by atoms with Crippen LogP contribution in [0, 0.1) is 0 Å². The third kappa shape index (κ3) is 2.78. The van der Waals surface area contributed by atoms with E-state index in [1.807, 2.05) is 6.92 Å². The first-order valence-corrected chi connectivity index (χ1v) is 6.27. The number of rotatable bonds is 4. The standard InChI is InChI=1S/C11H14N4OS/c1-3-7(2)14-15-10(16)9-4-8-5-12-6-13-11(8)17-9/h4-7,14H,3H2,1-2H3,(H,15,16). The van der Waals surface area contributed by atoms with E-state index < -0.39 is 0 Å².